The Kier molecular flexibility index (Phi) is 5.15. The van der Waals surface area contributed by atoms with E-state index in [1.165, 1.54) is 0 Å². The van der Waals surface area contributed by atoms with E-state index in [0.29, 0.717) is 19.6 Å². The zero-order valence-electron chi connectivity index (χ0n) is 11.3. The van der Waals surface area contributed by atoms with E-state index in [0.717, 1.165) is 16.7 Å². The van der Waals surface area contributed by atoms with Crippen LogP contribution in [0, 0.1) is 0 Å². The van der Waals surface area contributed by atoms with Gasteiger partial charge in [0.1, 0.15) is 0 Å². The molecule has 4 nitrogen and oxygen atoms in total. The number of amides is 2. The summed E-state index contributed by atoms with van der Waals surface area (Å²) >= 11 is 0. The van der Waals surface area contributed by atoms with Crippen molar-refractivity contribution in [3.63, 3.8) is 0 Å². The zero-order valence-corrected chi connectivity index (χ0v) is 11.3. The van der Waals surface area contributed by atoms with Crippen molar-refractivity contribution < 1.29 is 4.79 Å². The summed E-state index contributed by atoms with van der Waals surface area (Å²) in [6, 6.07) is 17.5. The third-order valence-corrected chi connectivity index (χ3v) is 3.01. The Morgan fingerprint density at radius 3 is 1.85 bits per heavy atom. The molecule has 0 aliphatic heterocycles. The molecule has 2 aromatic rings. The van der Waals surface area contributed by atoms with Crippen LogP contribution < -0.4 is 16.4 Å². The van der Waals surface area contributed by atoms with Gasteiger partial charge >= 0.3 is 6.03 Å². The van der Waals surface area contributed by atoms with E-state index in [1.807, 2.05) is 54.6 Å². The molecule has 4 N–H and O–H groups in total. The number of carbonyl (C=O) groups excluding carboxylic acids is 1. The first-order valence-corrected chi connectivity index (χ1v) is 6.61. The van der Waals surface area contributed by atoms with Crippen LogP contribution in [0.5, 0.6) is 0 Å². The topological polar surface area (TPSA) is 67.1 Å². The van der Waals surface area contributed by atoms with Crippen LogP contribution in [0.4, 0.5) is 4.79 Å². The van der Waals surface area contributed by atoms with Crippen LogP contribution in [0.15, 0.2) is 54.6 Å². The maximum absolute atomic E-state index is 11.7. The van der Waals surface area contributed by atoms with E-state index in [-0.39, 0.29) is 6.03 Å². The molecule has 0 unspecified atom stereocenters. The van der Waals surface area contributed by atoms with Crippen LogP contribution in [0.2, 0.25) is 0 Å². The first-order chi connectivity index (χ1) is 9.78. The highest BCUT2D eigenvalue weighted by Crippen LogP contribution is 2.03. The Morgan fingerprint density at radius 1 is 0.800 bits per heavy atom. The van der Waals surface area contributed by atoms with Crippen molar-refractivity contribution in [3.05, 3.63) is 71.3 Å². The maximum atomic E-state index is 11.7. The Bertz CT molecular complexity index is 537. The fraction of sp³-hybridized carbons (Fsp3) is 0.188. The van der Waals surface area contributed by atoms with Crippen LogP contribution in [0.25, 0.3) is 0 Å². The fourth-order valence-electron chi connectivity index (χ4n) is 1.82. The van der Waals surface area contributed by atoms with Crippen molar-refractivity contribution in [1.82, 2.24) is 10.6 Å². The lowest BCUT2D eigenvalue weighted by molar-refractivity contribution is 0.240. The third-order valence-electron chi connectivity index (χ3n) is 3.01. The van der Waals surface area contributed by atoms with Gasteiger partial charge in [-0.3, -0.25) is 0 Å². The van der Waals surface area contributed by atoms with Gasteiger partial charge in [0.05, 0.1) is 0 Å². The number of nitrogens with one attached hydrogen (secondary N) is 2. The van der Waals surface area contributed by atoms with E-state index < -0.39 is 0 Å². The van der Waals surface area contributed by atoms with Crippen molar-refractivity contribution >= 4 is 6.03 Å². The molecule has 4 heteroatoms. The number of benzene rings is 2. The Morgan fingerprint density at radius 2 is 1.30 bits per heavy atom. The predicted octanol–water partition coefficient (Wildman–Crippen LogP) is 2.14. The standard InChI is InChI=1S/C16H19N3O/c17-10-13-6-8-15(9-7-13)12-19-16(20)18-11-14-4-2-1-3-5-14/h1-9H,10-12,17H2,(H2,18,19,20). The molecule has 0 saturated carbocycles. The molecule has 20 heavy (non-hydrogen) atoms. The molecule has 0 atom stereocenters. The molecule has 2 rings (SSSR count). The van der Waals surface area contributed by atoms with E-state index in [2.05, 4.69) is 10.6 Å². The van der Waals surface area contributed by atoms with E-state index in [9.17, 15) is 4.79 Å². The molecule has 0 saturated heterocycles. The summed E-state index contributed by atoms with van der Waals surface area (Å²) in [7, 11) is 0. The van der Waals surface area contributed by atoms with Crippen molar-refractivity contribution in [3.8, 4) is 0 Å². The lowest BCUT2D eigenvalue weighted by Gasteiger charge is -2.08. The fourth-order valence-corrected chi connectivity index (χ4v) is 1.82. The van der Waals surface area contributed by atoms with Crippen LogP contribution in [-0.4, -0.2) is 6.03 Å². The minimum atomic E-state index is -0.170. The summed E-state index contributed by atoms with van der Waals surface area (Å²) in [6.45, 7) is 1.57. The summed E-state index contributed by atoms with van der Waals surface area (Å²) in [6.07, 6.45) is 0. The van der Waals surface area contributed by atoms with Crippen molar-refractivity contribution in [2.45, 2.75) is 19.6 Å². The van der Waals surface area contributed by atoms with Gasteiger partial charge in [0.15, 0.2) is 0 Å². The van der Waals surface area contributed by atoms with Gasteiger partial charge in [-0.1, -0.05) is 54.6 Å². The van der Waals surface area contributed by atoms with E-state index >= 15 is 0 Å². The van der Waals surface area contributed by atoms with Gasteiger partial charge in [-0.05, 0) is 16.7 Å². The first-order valence-electron chi connectivity index (χ1n) is 6.61. The van der Waals surface area contributed by atoms with Gasteiger partial charge in [0.2, 0.25) is 0 Å². The Labute approximate surface area is 119 Å². The van der Waals surface area contributed by atoms with Crippen LogP contribution in [-0.2, 0) is 19.6 Å². The lowest BCUT2D eigenvalue weighted by Crippen LogP contribution is -2.34. The molecule has 104 valence electrons. The second kappa shape index (κ2) is 7.31. The van der Waals surface area contributed by atoms with Crippen LogP contribution in [0.1, 0.15) is 16.7 Å². The molecule has 0 fully saturated rings. The van der Waals surface area contributed by atoms with Crippen LogP contribution >= 0.6 is 0 Å². The normalized spacial score (nSPS) is 10.1. The number of nitrogens with two attached hydrogens (primary N) is 1. The molecule has 2 aromatic carbocycles. The molecule has 0 bridgehead atoms. The smallest absolute Gasteiger partial charge is 0.315 e. The molecule has 0 aromatic heterocycles. The van der Waals surface area contributed by atoms with Crippen molar-refractivity contribution in [2.75, 3.05) is 0 Å². The predicted molar refractivity (Wildman–Crippen MR) is 79.9 cm³/mol. The molecule has 0 heterocycles. The zero-order chi connectivity index (χ0) is 14.2. The maximum Gasteiger partial charge on any atom is 0.315 e. The highest BCUT2D eigenvalue weighted by atomic mass is 16.2. The highest BCUT2D eigenvalue weighted by Gasteiger charge is 2.00. The lowest BCUT2D eigenvalue weighted by atomic mass is 10.1. The molecule has 2 amide bonds. The molecule has 0 radical (unpaired) electrons. The molecule has 0 spiro atoms. The van der Waals surface area contributed by atoms with Gasteiger partial charge in [-0.25, -0.2) is 4.79 Å². The van der Waals surface area contributed by atoms with Gasteiger partial charge < -0.3 is 16.4 Å². The summed E-state index contributed by atoms with van der Waals surface area (Å²) in [4.78, 5) is 11.7. The average Bonchev–Trinajstić information content (AvgIpc) is 2.52. The molecular formula is C16H19N3O. The second-order valence-corrected chi connectivity index (χ2v) is 4.54. The third kappa shape index (κ3) is 4.40. The summed E-state index contributed by atoms with van der Waals surface area (Å²) < 4.78 is 0. The second-order valence-electron chi connectivity index (χ2n) is 4.54. The molecular weight excluding hydrogens is 250 g/mol. The summed E-state index contributed by atoms with van der Waals surface area (Å²) in [5.41, 5.74) is 8.75. The van der Waals surface area contributed by atoms with Gasteiger partial charge in [-0.2, -0.15) is 0 Å². The monoisotopic (exact) mass is 269 g/mol. The van der Waals surface area contributed by atoms with Crippen LogP contribution in [0.3, 0.4) is 0 Å². The Balaban J connectivity index is 1.74. The highest BCUT2D eigenvalue weighted by molar-refractivity contribution is 5.73. The number of rotatable bonds is 5. The number of hydrogen-bond donors (Lipinski definition) is 3. The molecule has 0 aliphatic rings. The largest absolute Gasteiger partial charge is 0.334 e. The summed E-state index contributed by atoms with van der Waals surface area (Å²) in [5.74, 6) is 0. The van der Waals surface area contributed by atoms with E-state index in [4.69, 9.17) is 5.73 Å². The first kappa shape index (κ1) is 14.1. The van der Waals surface area contributed by atoms with Gasteiger partial charge in [-0.15, -0.1) is 0 Å². The van der Waals surface area contributed by atoms with Crippen molar-refractivity contribution in [1.29, 1.82) is 0 Å². The number of urea groups is 1. The minimum Gasteiger partial charge on any atom is -0.334 e. The Hall–Kier alpha value is -2.33. The van der Waals surface area contributed by atoms with E-state index in [1.54, 1.807) is 0 Å². The summed E-state index contributed by atoms with van der Waals surface area (Å²) in [5, 5.41) is 5.65. The number of hydrogen-bond acceptors (Lipinski definition) is 2. The number of carbonyl (C=O) groups is 1. The SMILES string of the molecule is NCc1ccc(CNC(=O)NCc2ccccc2)cc1. The molecule has 0 aliphatic carbocycles. The average molecular weight is 269 g/mol. The van der Waals surface area contributed by atoms with Crippen molar-refractivity contribution in [2.24, 2.45) is 5.73 Å². The van der Waals surface area contributed by atoms with Gasteiger partial charge in [0, 0.05) is 19.6 Å². The quantitative estimate of drug-likeness (QED) is 0.778. The minimum absolute atomic E-state index is 0.170. The van der Waals surface area contributed by atoms with Gasteiger partial charge in [0.25, 0.3) is 0 Å².